The van der Waals surface area contributed by atoms with E-state index in [9.17, 15) is 0 Å². The van der Waals surface area contributed by atoms with Gasteiger partial charge in [-0.15, -0.1) is 0 Å². The van der Waals surface area contributed by atoms with Crippen LogP contribution >= 0.6 is 0 Å². The zero-order valence-corrected chi connectivity index (χ0v) is 13.2. The molecule has 16 heavy (non-hydrogen) atoms. The minimum Gasteiger partial charge on any atom is -0.493 e. The Balaban J connectivity index is 3.39. The molecule has 0 unspecified atom stereocenters. The molecule has 0 saturated heterocycles. The van der Waals surface area contributed by atoms with Gasteiger partial charge in [-0.2, -0.15) is 0 Å². The second-order valence-electron chi connectivity index (χ2n) is 4.02. The van der Waals surface area contributed by atoms with Crippen LogP contribution in [-0.2, 0) is 0 Å². The fourth-order valence-corrected chi connectivity index (χ4v) is 2.46. The van der Waals surface area contributed by atoms with E-state index in [0.717, 1.165) is 27.3 Å². The van der Waals surface area contributed by atoms with Gasteiger partial charge in [0.1, 0.15) is 11.5 Å². The fraction of sp³-hybridized carbons (Fsp3) is 0.538. The minimum absolute atomic E-state index is 0.706. The lowest BCUT2D eigenvalue weighted by atomic mass is 10.0. The molecule has 2 nitrogen and oxygen atoms in total. The van der Waals surface area contributed by atoms with Crippen molar-refractivity contribution >= 4 is 15.4 Å². The van der Waals surface area contributed by atoms with Gasteiger partial charge < -0.3 is 9.47 Å². The molecule has 3 heteroatoms. The van der Waals surface area contributed by atoms with Crippen LogP contribution in [0.15, 0.2) is 0 Å². The fourth-order valence-electron chi connectivity index (χ4n) is 2.01. The second-order valence-corrected chi connectivity index (χ2v) is 5.02. The van der Waals surface area contributed by atoms with Crippen LogP contribution in [0.2, 0.25) is 0 Å². The van der Waals surface area contributed by atoms with E-state index in [1.165, 1.54) is 16.3 Å². The van der Waals surface area contributed by atoms with E-state index in [1.807, 2.05) is 13.8 Å². The summed E-state index contributed by atoms with van der Waals surface area (Å²) < 4.78 is 11.5. The standard InChI is InChI=1S/C13H22O2Si/c1-6-14-11-8(3)12(15-7-2)10(5)13(16)9(11)4/h6-7H2,1-5,16H3. The summed E-state index contributed by atoms with van der Waals surface area (Å²) in [5.74, 6) is 2.03. The van der Waals surface area contributed by atoms with Crippen LogP contribution in [0.5, 0.6) is 11.5 Å². The quantitative estimate of drug-likeness (QED) is 0.738. The third-order valence-corrected chi connectivity index (χ3v) is 4.56. The van der Waals surface area contributed by atoms with Crippen LogP contribution in [0.4, 0.5) is 0 Å². The van der Waals surface area contributed by atoms with Gasteiger partial charge in [0, 0.05) is 15.8 Å². The van der Waals surface area contributed by atoms with E-state index >= 15 is 0 Å². The predicted octanol–water partition coefficient (Wildman–Crippen LogP) is 1.40. The lowest BCUT2D eigenvalue weighted by Gasteiger charge is -2.20. The van der Waals surface area contributed by atoms with Gasteiger partial charge >= 0.3 is 0 Å². The van der Waals surface area contributed by atoms with E-state index in [2.05, 4.69) is 20.8 Å². The molecule has 0 aromatic heterocycles. The molecular formula is C13H22O2Si. The van der Waals surface area contributed by atoms with Crippen LogP contribution < -0.4 is 14.7 Å². The van der Waals surface area contributed by atoms with Gasteiger partial charge in [-0.1, -0.05) is 5.19 Å². The van der Waals surface area contributed by atoms with Gasteiger partial charge in [-0.25, -0.2) is 0 Å². The summed E-state index contributed by atoms with van der Waals surface area (Å²) in [4.78, 5) is 0. The lowest BCUT2D eigenvalue weighted by molar-refractivity contribution is 0.316. The molecule has 0 radical (unpaired) electrons. The van der Waals surface area contributed by atoms with Crippen molar-refractivity contribution in [1.29, 1.82) is 0 Å². The molecule has 0 aliphatic carbocycles. The zero-order valence-electron chi connectivity index (χ0n) is 11.2. The van der Waals surface area contributed by atoms with Crippen molar-refractivity contribution in [3.8, 4) is 11.5 Å². The first-order valence-corrected chi connectivity index (χ1v) is 6.90. The average molecular weight is 238 g/mol. The molecule has 0 saturated carbocycles. The first-order valence-electron chi connectivity index (χ1n) is 5.90. The van der Waals surface area contributed by atoms with Gasteiger partial charge in [0.25, 0.3) is 0 Å². The van der Waals surface area contributed by atoms with Crippen molar-refractivity contribution in [3.05, 3.63) is 16.7 Å². The number of hydrogen-bond donors (Lipinski definition) is 0. The smallest absolute Gasteiger partial charge is 0.128 e. The third kappa shape index (κ3) is 2.24. The van der Waals surface area contributed by atoms with Gasteiger partial charge in [-0.05, 0) is 45.7 Å². The molecule has 0 spiro atoms. The largest absolute Gasteiger partial charge is 0.493 e. The highest BCUT2D eigenvalue weighted by molar-refractivity contribution is 6.35. The summed E-state index contributed by atoms with van der Waals surface area (Å²) >= 11 is 0. The van der Waals surface area contributed by atoms with Crippen LogP contribution in [0, 0.1) is 20.8 Å². The van der Waals surface area contributed by atoms with Crippen molar-refractivity contribution < 1.29 is 9.47 Å². The molecular weight excluding hydrogens is 216 g/mol. The van der Waals surface area contributed by atoms with Crippen molar-refractivity contribution in [3.63, 3.8) is 0 Å². The number of rotatable bonds is 4. The molecule has 1 aromatic carbocycles. The van der Waals surface area contributed by atoms with Crippen LogP contribution in [0.25, 0.3) is 0 Å². The first kappa shape index (κ1) is 13.1. The van der Waals surface area contributed by atoms with Gasteiger partial charge in [-0.3, -0.25) is 0 Å². The first-order chi connectivity index (χ1) is 7.54. The van der Waals surface area contributed by atoms with Crippen molar-refractivity contribution in [1.82, 2.24) is 0 Å². The molecule has 1 rings (SSSR count). The van der Waals surface area contributed by atoms with E-state index in [4.69, 9.17) is 9.47 Å². The number of hydrogen-bond acceptors (Lipinski definition) is 2. The molecule has 0 atom stereocenters. The van der Waals surface area contributed by atoms with Crippen LogP contribution in [-0.4, -0.2) is 23.5 Å². The van der Waals surface area contributed by atoms with E-state index in [0.29, 0.717) is 13.2 Å². The maximum absolute atomic E-state index is 5.73. The maximum atomic E-state index is 5.73. The Bertz CT molecular complexity index is 353. The monoisotopic (exact) mass is 238 g/mol. The molecule has 0 fully saturated rings. The Morgan fingerprint density at radius 1 is 0.812 bits per heavy atom. The predicted molar refractivity (Wildman–Crippen MR) is 72.6 cm³/mol. The summed E-state index contributed by atoms with van der Waals surface area (Å²) in [6.45, 7) is 11.8. The molecule has 0 heterocycles. The topological polar surface area (TPSA) is 18.5 Å². The summed E-state index contributed by atoms with van der Waals surface area (Å²) in [6.07, 6.45) is 0. The highest BCUT2D eigenvalue weighted by atomic mass is 28.1. The van der Waals surface area contributed by atoms with Gasteiger partial charge in [0.05, 0.1) is 13.2 Å². The Hall–Kier alpha value is -0.963. The summed E-state index contributed by atoms with van der Waals surface area (Å²) in [6, 6.07) is 0. The van der Waals surface area contributed by atoms with Crippen LogP contribution in [0.3, 0.4) is 0 Å². The number of benzene rings is 1. The zero-order chi connectivity index (χ0) is 12.3. The molecule has 0 aliphatic rings. The molecule has 0 N–H and O–H groups in total. The van der Waals surface area contributed by atoms with E-state index < -0.39 is 0 Å². The summed E-state index contributed by atoms with van der Waals surface area (Å²) in [5.41, 5.74) is 3.71. The highest BCUT2D eigenvalue weighted by Crippen LogP contribution is 2.32. The minimum atomic E-state index is 0.706. The van der Waals surface area contributed by atoms with Crippen molar-refractivity contribution in [2.24, 2.45) is 0 Å². The number of ether oxygens (including phenoxy) is 2. The third-order valence-electron chi connectivity index (χ3n) is 3.06. The van der Waals surface area contributed by atoms with Crippen molar-refractivity contribution in [2.75, 3.05) is 13.2 Å². The Labute approximate surface area is 101 Å². The molecule has 90 valence electrons. The Morgan fingerprint density at radius 2 is 1.19 bits per heavy atom. The summed E-state index contributed by atoms with van der Waals surface area (Å²) in [7, 11) is 1.03. The van der Waals surface area contributed by atoms with Crippen LogP contribution in [0.1, 0.15) is 30.5 Å². The Morgan fingerprint density at radius 3 is 1.50 bits per heavy atom. The second kappa shape index (κ2) is 5.39. The Kier molecular flexibility index (Phi) is 4.41. The van der Waals surface area contributed by atoms with Crippen molar-refractivity contribution in [2.45, 2.75) is 34.6 Å². The lowest BCUT2D eigenvalue weighted by Crippen LogP contribution is -2.17. The van der Waals surface area contributed by atoms with Gasteiger partial charge in [0.2, 0.25) is 0 Å². The SMILES string of the molecule is CCOc1c(C)c([SiH3])c(C)c(OCC)c1C. The maximum Gasteiger partial charge on any atom is 0.128 e. The normalized spacial score (nSPS) is 10.6. The molecule has 0 bridgehead atoms. The highest BCUT2D eigenvalue weighted by Gasteiger charge is 2.16. The molecule has 0 aliphatic heterocycles. The average Bonchev–Trinajstić information content (AvgIpc) is 2.28. The van der Waals surface area contributed by atoms with E-state index in [-0.39, 0.29) is 0 Å². The van der Waals surface area contributed by atoms with E-state index in [1.54, 1.807) is 0 Å². The summed E-state index contributed by atoms with van der Waals surface area (Å²) in [5, 5.41) is 1.40. The van der Waals surface area contributed by atoms with Gasteiger partial charge in [0.15, 0.2) is 0 Å². The molecule has 0 amide bonds. The molecule has 1 aromatic rings.